The van der Waals surface area contributed by atoms with Crippen molar-refractivity contribution in [2.45, 2.75) is 13.0 Å². The van der Waals surface area contributed by atoms with E-state index in [9.17, 15) is 4.79 Å². The molecule has 1 unspecified atom stereocenters. The fourth-order valence-electron chi connectivity index (χ4n) is 2.24. The fourth-order valence-corrected chi connectivity index (χ4v) is 2.54. The van der Waals surface area contributed by atoms with E-state index in [1.54, 1.807) is 24.3 Å². The first-order valence-corrected chi connectivity index (χ1v) is 7.63. The van der Waals surface area contributed by atoms with Gasteiger partial charge in [0.15, 0.2) is 0 Å². The van der Waals surface area contributed by atoms with E-state index in [0.29, 0.717) is 16.3 Å². The number of halogens is 1. The number of nitriles is 1. The van der Waals surface area contributed by atoms with Crippen LogP contribution >= 0.6 is 11.6 Å². The predicted molar refractivity (Wildman–Crippen MR) is 92.3 cm³/mol. The van der Waals surface area contributed by atoms with E-state index < -0.39 is 0 Å². The van der Waals surface area contributed by atoms with Crippen molar-refractivity contribution in [1.82, 2.24) is 4.90 Å². The van der Waals surface area contributed by atoms with Crippen LogP contribution in [-0.2, 0) is 4.79 Å². The second-order valence-electron chi connectivity index (χ2n) is 5.35. The number of hydrogen-bond acceptors (Lipinski definition) is 3. The number of nitrogens with one attached hydrogen (secondary N) is 1. The minimum Gasteiger partial charge on any atom is -0.325 e. The van der Waals surface area contributed by atoms with Crippen molar-refractivity contribution in [2.75, 3.05) is 18.9 Å². The van der Waals surface area contributed by atoms with Gasteiger partial charge in [0.25, 0.3) is 0 Å². The monoisotopic (exact) mass is 327 g/mol. The quantitative estimate of drug-likeness (QED) is 0.907. The molecule has 0 saturated carbocycles. The molecule has 0 spiro atoms. The number of rotatable bonds is 5. The molecule has 5 heteroatoms. The molecule has 2 aromatic rings. The molecule has 23 heavy (non-hydrogen) atoms. The van der Waals surface area contributed by atoms with Gasteiger partial charge in [0, 0.05) is 16.8 Å². The van der Waals surface area contributed by atoms with Crippen molar-refractivity contribution in [1.29, 1.82) is 5.26 Å². The number of carbonyl (C=O) groups excluding carboxylic acids is 1. The zero-order valence-corrected chi connectivity index (χ0v) is 13.8. The lowest BCUT2D eigenvalue weighted by molar-refractivity contribution is -0.117. The summed E-state index contributed by atoms with van der Waals surface area (Å²) in [5.74, 6) is -0.115. The molecule has 1 atom stereocenters. The van der Waals surface area contributed by atoms with E-state index in [1.807, 2.05) is 49.2 Å². The summed E-state index contributed by atoms with van der Waals surface area (Å²) in [7, 11) is 1.88. The van der Waals surface area contributed by atoms with Gasteiger partial charge in [-0.15, -0.1) is 0 Å². The molecular formula is C18H18ClN3O. The van der Waals surface area contributed by atoms with Crippen LogP contribution in [0.3, 0.4) is 0 Å². The van der Waals surface area contributed by atoms with Gasteiger partial charge in [-0.3, -0.25) is 9.69 Å². The van der Waals surface area contributed by atoms with Gasteiger partial charge in [-0.2, -0.15) is 5.26 Å². The summed E-state index contributed by atoms with van der Waals surface area (Å²) in [6, 6.07) is 16.5. The van der Waals surface area contributed by atoms with Crippen molar-refractivity contribution in [3.63, 3.8) is 0 Å². The van der Waals surface area contributed by atoms with Crippen LogP contribution in [-0.4, -0.2) is 24.4 Å². The van der Waals surface area contributed by atoms with Crippen LogP contribution in [0, 0.1) is 11.3 Å². The van der Waals surface area contributed by atoms with Gasteiger partial charge in [-0.05, 0) is 49.9 Å². The van der Waals surface area contributed by atoms with Gasteiger partial charge in [0.05, 0.1) is 18.2 Å². The standard InChI is InChI=1S/C18H18ClN3O/c1-13(16-5-3-4-6-17(16)19)22(2)12-18(23)21-15-9-7-14(11-20)8-10-15/h3-10,13H,12H2,1-2H3,(H,21,23). The van der Waals surface area contributed by atoms with Crippen LogP contribution in [0.15, 0.2) is 48.5 Å². The zero-order chi connectivity index (χ0) is 16.8. The van der Waals surface area contributed by atoms with Crippen molar-refractivity contribution in [2.24, 2.45) is 0 Å². The highest BCUT2D eigenvalue weighted by Crippen LogP contribution is 2.25. The summed E-state index contributed by atoms with van der Waals surface area (Å²) in [4.78, 5) is 14.1. The van der Waals surface area contributed by atoms with E-state index >= 15 is 0 Å². The molecule has 0 bridgehead atoms. The highest BCUT2D eigenvalue weighted by molar-refractivity contribution is 6.31. The smallest absolute Gasteiger partial charge is 0.238 e. The van der Waals surface area contributed by atoms with Gasteiger partial charge in [0.1, 0.15) is 0 Å². The summed E-state index contributed by atoms with van der Waals surface area (Å²) < 4.78 is 0. The summed E-state index contributed by atoms with van der Waals surface area (Å²) in [6.07, 6.45) is 0. The van der Waals surface area contributed by atoms with Gasteiger partial charge >= 0.3 is 0 Å². The number of amides is 1. The molecule has 2 aromatic carbocycles. The van der Waals surface area contributed by atoms with Crippen LogP contribution in [0.1, 0.15) is 24.1 Å². The van der Waals surface area contributed by atoms with Crippen molar-refractivity contribution in [3.05, 3.63) is 64.7 Å². The topological polar surface area (TPSA) is 56.1 Å². The molecule has 0 saturated heterocycles. The Morgan fingerprint density at radius 3 is 2.52 bits per heavy atom. The van der Waals surface area contributed by atoms with E-state index in [1.165, 1.54) is 0 Å². The summed E-state index contributed by atoms with van der Waals surface area (Å²) >= 11 is 6.20. The molecule has 2 rings (SSSR count). The third-order valence-electron chi connectivity index (χ3n) is 3.71. The maximum Gasteiger partial charge on any atom is 0.238 e. The van der Waals surface area contributed by atoms with Crippen LogP contribution in [0.25, 0.3) is 0 Å². The summed E-state index contributed by atoms with van der Waals surface area (Å²) in [5.41, 5.74) is 2.23. The van der Waals surface area contributed by atoms with Gasteiger partial charge in [0.2, 0.25) is 5.91 Å². The minimum absolute atomic E-state index is 0.0235. The number of anilines is 1. The first-order chi connectivity index (χ1) is 11.0. The lowest BCUT2D eigenvalue weighted by Gasteiger charge is -2.25. The fraction of sp³-hybridized carbons (Fsp3) is 0.222. The average Bonchev–Trinajstić information content (AvgIpc) is 2.55. The Labute approximate surface area is 141 Å². The maximum atomic E-state index is 12.1. The van der Waals surface area contributed by atoms with Crippen molar-refractivity contribution < 1.29 is 4.79 Å². The number of benzene rings is 2. The molecule has 1 N–H and O–H groups in total. The Kier molecular flexibility index (Phi) is 5.75. The third-order valence-corrected chi connectivity index (χ3v) is 4.05. The highest BCUT2D eigenvalue weighted by Gasteiger charge is 2.17. The van der Waals surface area contributed by atoms with Gasteiger partial charge in [-0.1, -0.05) is 29.8 Å². The molecule has 0 aliphatic rings. The zero-order valence-electron chi connectivity index (χ0n) is 13.1. The molecule has 1 amide bonds. The lowest BCUT2D eigenvalue weighted by Crippen LogP contribution is -2.32. The Morgan fingerprint density at radius 1 is 1.26 bits per heavy atom. The number of likely N-dealkylation sites (N-methyl/N-ethyl adjacent to an activating group) is 1. The Morgan fingerprint density at radius 2 is 1.91 bits per heavy atom. The molecule has 0 heterocycles. The molecule has 0 radical (unpaired) electrons. The maximum absolute atomic E-state index is 12.1. The summed E-state index contributed by atoms with van der Waals surface area (Å²) in [6.45, 7) is 2.25. The number of hydrogen-bond donors (Lipinski definition) is 1. The van der Waals surface area contributed by atoms with Crippen LogP contribution in [0.4, 0.5) is 5.69 Å². The number of carbonyl (C=O) groups is 1. The van der Waals surface area contributed by atoms with Gasteiger partial charge < -0.3 is 5.32 Å². The average molecular weight is 328 g/mol. The van der Waals surface area contributed by atoms with E-state index in [-0.39, 0.29) is 18.5 Å². The molecule has 0 aliphatic heterocycles. The molecule has 0 fully saturated rings. The van der Waals surface area contributed by atoms with Crippen LogP contribution in [0.5, 0.6) is 0 Å². The number of nitrogens with zero attached hydrogens (tertiary/aromatic N) is 2. The van der Waals surface area contributed by atoms with Crippen molar-refractivity contribution in [3.8, 4) is 6.07 Å². The van der Waals surface area contributed by atoms with E-state index in [4.69, 9.17) is 16.9 Å². The summed E-state index contributed by atoms with van der Waals surface area (Å²) in [5, 5.41) is 12.3. The lowest BCUT2D eigenvalue weighted by atomic mass is 10.1. The minimum atomic E-state index is -0.115. The van der Waals surface area contributed by atoms with Crippen LogP contribution in [0.2, 0.25) is 5.02 Å². The van der Waals surface area contributed by atoms with E-state index in [0.717, 1.165) is 5.56 Å². The molecule has 0 aliphatic carbocycles. The molecule has 4 nitrogen and oxygen atoms in total. The van der Waals surface area contributed by atoms with Crippen molar-refractivity contribution >= 4 is 23.2 Å². The Hall–Kier alpha value is -2.35. The predicted octanol–water partition coefficient (Wildman–Crippen LogP) is 3.84. The van der Waals surface area contributed by atoms with E-state index in [2.05, 4.69) is 5.32 Å². The van der Waals surface area contributed by atoms with Gasteiger partial charge in [-0.25, -0.2) is 0 Å². The Bertz CT molecular complexity index is 722. The molecular weight excluding hydrogens is 310 g/mol. The highest BCUT2D eigenvalue weighted by atomic mass is 35.5. The molecule has 0 aromatic heterocycles. The second-order valence-corrected chi connectivity index (χ2v) is 5.76. The molecule has 118 valence electrons. The largest absolute Gasteiger partial charge is 0.325 e. The first-order valence-electron chi connectivity index (χ1n) is 7.26. The third kappa shape index (κ3) is 4.56. The second kappa shape index (κ2) is 7.77. The van der Waals surface area contributed by atoms with Crippen LogP contribution < -0.4 is 5.32 Å². The normalized spacial score (nSPS) is 11.8. The SMILES string of the molecule is CC(c1ccccc1Cl)N(C)CC(=O)Nc1ccc(C#N)cc1. The first kappa shape index (κ1) is 17.0. The Balaban J connectivity index is 1.96.